The van der Waals surface area contributed by atoms with Crippen molar-refractivity contribution < 1.29 is 64.5 Å². The van der Waals surface area contributed by atoms with Crippen LogP contribution in [-0.2, 0) is 28.8 Å². The van der Waals surface area contributed by atoms with E-state index in [0.717, 1.165) is 48.1 Å². The van der Waals surface area contributed by atoms with Gasteiger partial charge in [-0.2, -0.15) is 4.91 Å². The van der Waals surface area contributed by atoms with Crippen molar-refractivity contribution in [1.29, 1.82) is 0 Å². The zero-order valence-corrected chi connectivity index (χ0v) is 21.2. The number of carbonyl (C=O) groups is 6. The Morgan fingerprint density at radius 1 is 0.667 bits per heavy atom. The number of rotatable bonds is 8. The first-order valence-corrected chi connectivity index (χ1v) is 9.59. The van der Waals surface area contributed by atoms with Gasteiger partial charge in [-0.3, -0.25) is 28.8 Å². The van der Waals surface area contributed by atoms with Gasteiger partial charge in [0.15, 0.2) is 0 Å². The molecule has 0 spiro atoms. The predicted octanol–water partition coefficient (Wildman–Crippen LogP) is -1.77. The average molecular weight is 537 g/mol. The van der Waals surface area contributed by atoms with E-state index in [1.807, 2.05) is 0 Å². The Balaban J connectivity index is -0.0000000592. The van der Waals surface area contributed by atoms with Gasteiger partial charge in [0.25, 0.3) is 35.8 Å². The highest BCUT2D eigenvalue weighted by Gasteiger charge is 1.95. The molecule has 0 aromatic rings. The van der Waals surface area contributed by atoms with Gasteiger partial charge in [0.2, 0.25) is 0 Å². The van der Waals surface area contributed by atoms with Crippen molar-refractivity contribution in [1.82, 2.24) is 5.32 Å². The lowest BCUT2D eigenvalue weighted by Gasteiger charge is -2.20. The number of nitroso groups, excluding NO2 is 1. The van der Waals surface area contributed by atoms with Crippen molar-refractivity contribution in [3.8, 4) is 0 Å². The highest BCUT2D eigenvalue weighted by molar-refractivity contribution is 5.64. The maximum Gasteiger partial charge on any atom is 0.300 e. The molecule has 0 fully saturated rings. The second-order valence-electron chi connectivity index (χ2n) is 5.54. The van der Waals surface area contributed by atoms with Crippen LogP contribution in [0, 0.1) is 10.1 Å². The summed E-state index contributed by atoms with van der Waals surface area (Å²) in [5.41, 5.74) is 5.22. The van der Waals surface area contributed by atoms with Gasteiger partial charge < -0.3 is 52.0 Å². The molecule has 0 bridgehead atoms. The van der Waals surface area contributed by atoms with Gasteiger partial charge in [-0.15, -0.1) is 0 Å². The van der Waals surface area contributed by atoms with Crippen LogP contribution in [0.1, 0.15) is 41.5 Å². The molecule has 18 heteroatoms. The number of hydrogen-bond acceptors (Lipinski definition) is 11. The van der Waals surface area contributed by atoms with Gasteiger partial charge >= 0.3 is 0 Å². The number of nitrogens with one attached hydrogen (secondary N) is 2. The quantitative estimate of drug-likeness (QED) is 0.0940. The lowest BCUT2D eigenvalue weighted by atomic mass is 10.5. The molecule has 0 aliphatic rings. The number of nitrogens with two attached hydrogens (primary N) is 1. The molecule has 1 unspecified atom stereocenters. The fourth-order valence-electron chi connectivity index (χ4n) is 0.750. The topological polar surface area (TPSA) is 319 Å². The summed E-state index contributed by atoms with van der Waals surface area (Å²) in [4.78, 5) is 63.7. The average Bonchev–Trinajstić information content (AvgIpc) is 2.61. The first-order chi connectivity index (χ1) is 16.2. The highest BCUT2D eigenvalue weighted by atomic mass is 16.5. The van der Waals surface area contributed by atoms with Crippen molar-refractivity contribution in [2.24, 2.45) is 10.9 Å². The Kier molecular flexibility index (Phi) is 61.6. The van der Waals surface area contributed by atoms with Crippen LogP contribution >= 0.6 is 0 Å². The summed E-state index contributed by atoms with van der Waals surface area (Å²) in [5.74, 6) is -5.00. The van der Waals surface area contributed by atoms with E-state index in [1.165, 1.54) is 0 Å². The Labute approximate surface area is 208 Å². The SMILES string of the molecule is CC(=O)O.CC(=O)O.CC(=O)O.CC(=O)O.CC(=O)O.CC(=O)O.NCCNCC[NH+]([O-])CCN=O. The lowest BCUT2D eigenvalue weighted by molar-refractivity contribution is -0.845. The Hall–Kier alpha value is -3.74. The molecule has 0 aliphatic heterocycles. The van der Waals surface area contributed by atoms with Gasteiger partial charge in [0, 0.05) is 61.2 Å². The Morgan fingerprint density at radius 2 is 0.917 bits per heavy atom. The smallest absolute Gasteiger partial charge is 0.300 e. The monoisotopic (exact) mass is 536 g/mol. The zero-order chi connectivity index (χ0) is 30.7. The van der Waals surface area contributed by atoms with Crippen molar-refractivity contribution in [2.45, 2.75) is 41.5 Å². The Morgan fingerprint density at radius 3 is 1.11 bits per heavy atom. The molecular formula is C18H40N4O14. The summed E-state index contributed by atoms with van der Waals surface area (Å²) in [5, 5.41) is 61.1. The van der Waals surface area contributed by atoms with Gasteiger partial charge in [0.1, 0.15) is 13.1 Å². The summed E-state index contributed by atoms with van der Waals surface area (Å²) in [6, 6.07) is 0. The molecule has 0 rings (SSSR count). The van der Waals surface area contributed by atoms with Crippen LogP contribution in [0.25, 0.3) is 0 Å². The number of quaternary nitrogens is 1. The lowest BCUT2D eigenvalue weighted by Crippen LogP contribution is -3.08. The normalized spacial score (nSPS) is 8.44. The Bertz CT molecular complexity index is 457. The van der Waals surface area contributed by atoms with Crippen molar-refractivity contribution in [2.75, 3.05) is 39.3 Å². The minimum atomic E-state index is -0.833. The number of hydrogen-bond donors (Lipinski definition) is 9. The van der Waals surface area contributed by atoms with Crippen LogP contribution in [0.4, 0.5) is 0 Å². The molecule has 0 saturated carbocycles. The molecule has 10 N–H and O–H groups in total. The van der Waals surface area contributed by atoms with Gasteiger partial charge in [-0.1, -0.05) is 5.18 Å². The summed E-state index contributed by atoms with van der Waals surface area (Å²) in [6.07, 6.45) is 0. The molecule has 0 saturated heterocycles. The molecule has 0 amide bonds. The number of aliphatic carboxylic acids is 6. The van der Waals surface area contributed by atoms with Gasteiger partial charge in [-0.25, -0.2) is 0 Å². The number of carboxylic acids is 6. The van der Waals surface area contributed by atoms with E-state index >= 15 is 0 Å². The van der Waals surface area contributed by atoms with Crippen LogP contribution in [0.15, 0.2) is 5.18 Å². The van der Waals surface area contributed by atoms with E-state index in [1.54, 1.807) is 0 Å². The second-order valence-corrected chi connectivity index (χ2v) is 5.54. The summed E-state index contributed by atoms with van der Waals surface area (Å²) in [6.45, 7) is 9.23. The molecule has 0 aliphatic carbocycles. The van der Waals surface area contributed by atoms with Gasteiger partial charge in [0.05, 0.1) is 6.54 Å². The van der Waals surface area contributed by atoms with Crippen molar-refractivity contribution in [3.63, 3.8) is 0 Å². The fraction of sp³-hybridized carbons (Fsp3) is 0.667. The van der Waals surface area contributed by atoms with E-state index < -0.39 is 35.8 Å². The number of carboxylic acid groups (broad SMARTS) is 6. The number of hydroxylamine groups is 2. The second kappa shape index (κ2) is 44.9. The molecule has 0 heterocycles. The number of nitrogens with zero attached hydrogens (tertiary/aromatic N) is 1. The zero-order valence-electron chi connectivity index (χ0n) is 21.2. The van der Waals surface area contributed by atoms with Crippen LogP contribution < -0.4 is 16.1 Å². The molecule has 1 atom stereocenters. The van der Waals surface area contributed by atoms with Crippen LogP contribution in [-0.4, -0.2) is 106 Å². The summed E-state index contributed by atoms with van der Waals surface area (Å²) in [7, 11) is 0. The van der Waals surface area contributed by atoms with Gasteiger partial charge in [-0.05, 0) is 0 Å². The highest BCUT2D eigenvalue weighted by Crippen LogP contribution is 1.59. The minimum absolute atomic E-state index is 0.0686. The third-order valence-corrected chi connectivity index (χ3v) is 1.38. The van der Waals surface area contributed by atoms with E-state index in [2.05, 4.69) is 10.5 Å². The van der Waals surface area contributed by atoms with E-state index in [4.69, 9.17) is 65.1 Å². The summed E-state index contributed by atoms with van der Waals surface area (Å²) < 4.78 is 0. The molecule has 0 aromatic carbocycles. The van der Waals surface area contributed by atoms with E-state index in [9.17, 15) is 10.1 Å². The first kappa shape index (κ1) is 49.4. The molecule has 18 nitrogen and oxygen atoms in total. The molecule has 0 radical (unpaired) electrons. The van der Waals surface area contributed by atoms with Crippen LogP contribution in [0.5, 0.6) is 0 Å². The predicted molar refractivity (Wildman–Crippen MR) is 127 cm³/mol. The molecular weight excluding hydrogens is 496 g/mol. The van der Waals surface area contributed by atoms with Crippen LogP contribution in [0.2, 0.25) is 0 Å². The first-order valence-electron chi connectivity index (χ1n) is 9.59. The third-order valence-electron chi connectivity index (χ3n) is 1.38. The maximum atomic E-state index is 10.9. The largest absolute Gasteiger partial charge is 0.634 e. The fourth-order valence-corrected chi connectivity index (χ4v) is 0.750. The van der Waals surface area contributed by atoms with Crippen molar-refractivity contribution in [3.05, 3.63) is 10.1 Å². The van der Waals surface area contributed by atoms with Crippen LogP contribution in [0.3, 0.4) is 0 Å². The third kappa shape index (κ3) is 661. The molecule has 0 aromatic heterocycles. The summed E-state index contributed by atoms with van der Waals surface area (Å²) >= 11 is 0. The minimum Gasteiger partial charge on any atom is -0.634 e. The molecule has 216 valence electrons. The molecule has 36 heavy (non-hydrogen) atoms. The van der Waals surface area contributed by atoms with E-state index in [-0.39, 0.29) is 18.2 Å². The standard InChI is InChI=1S/C6H16N4O2.6C2H4O2/c7-1-2-8-3-5-10(12)6-4-9-11;6*1-2(3)4/h8,10H,1-7H2;6*1H3,(H,3,4). The maximum absolute atomic E-state index is 10.9. The van der Waals surface area contributed by atoms with E-state index in [0.29, 0.717) is 19.6 Å². The van der Waals surface area contributed by atoms with Crippen molar-refractivity contribution >= 4 is 35.8 Å².